The van der Waals surface area contributed by atoms with Gasteiger partial charge in [0.2, 0.25) is 0 Å². The number of hydrogen-bond donors (Lipinski definition) is 0. The summed E-state index contributed by atoms with van der Waals surface area (Å²) < 4.78 is 17.1. The second-order valence-electron chi connectivity index (χ2n) is 7.41. The molecule has 1 saturated heterocycles. The van der Waals surface area contributed by atoms with Crippen molar-refractivity contribution in [1.29, 1.82) is 0 Å². The Labute approximate surface area is 151 Å². The van der Waals surface area contributed by atoms with Gasteiger partial charge in [-0.25, -0.2) is 0 Å². The molecule has 0 radical (unpaired) electrons. The molecular formula is C21H42O3. The average Bonchev–Trinajstić information content (AvgIpc) is 3.38. The normalized spacial score (nSPS) is 19.2. The molecule has 0 bridgehead atoms. The van der Waals surface area contributed by atoms with Crippen molar-refractivity contribution in [3.63, 3.8) is 0 Å². The minimum atomic E-state index is -0.549. The Morgan fingerprint density at radius 2 is 1.50 bits per heavy atom. The standard InChI is InChI=1S/C17H34O3.C4H8/c1-6-8-9-10-11-12-13-17(7-2,15-14-20-15)16(3,18-4)19-5;1-4(2)3/h15H,6-14H2,1-5H3;1H2,2-3H3. The van der Waals surface area contributed by atoms with Crippen LogP contribution in [0.4, 0.5) is 0 Å². The van der Waals surface area contributed by atoms with E-state index in [0.717, 1.165) is 19.4 Å². The molecule has 0 aromatic heterocycles. The average molecular weight is 343 g/mol. The van der Waals surface area contributed by atoms with Crippen LogP contribution in [-0.2, 0) is 14.2 Å². The summed E-state index contributed by atoms with van der Waals surface area (Å²) in [6.07, 6.45) is 10.4. The monoisotopic (exact) mass is 342 g/mol. The Morgan fingerprint density at radius 1 is 1.04 bits per heavy atom. The summed E-state index contributed by atoms with van der Waals surface area (Å²) in [6, 6.07) is 0. The van der Waals surface area contributed by atoms with E-state index in [1.807, 2.05) is 13.8 Å². The van der Waals surface area contributed by atoms with Gasteiger partial charge in [0.1, 0.15) is 0 Å². The van der Waals surface area contributed by atoms with Crippen LogP contribution >= 0.6 is 0 Å². The van der Waals surface area contributed by atoms with Crippen molar-refractivity contribution in [2.45, 2.75) is 97.9 Å². The van der Waals surface area contributed by atoms with E-state index in [4.69, 9.17) is 14.2 Å². The van der Waals surface area contributed by atoms with Gasteiger partial charge in [0, 0.05) is 14.2 Å². The fraction of sp³-hybridized carbons (Fsp3) is 0.905. The molecule has 24 heavy (non-hydrogen) atoms. The molecule has 0 amide bonds. The lowest BCUT2D eigenvalue weighted by Gasteiger charge is -2.45. The Kier molecular flexibility index (Phi) is 11.9. The maximum atomic E-state index is 5.74. The number of epoxide rings is 1. The molecular weight excluding hydrogens is 300 g/mol. The van der Waals surface area contributed by atoms with E-state index in [2.05, 4.69) is 27.4 Å². The zero-order chi connectivity index (χ0) is 18.6. The first-order valence-corrected chi connectivity index (χ1v) is 9.67. The molecule has 3 heteroatoms. The van der Waals surface area contributed by atoms with Gasteiger partial charge in [-0.3, -0.25) is 0 Å². The highest BCUT2D eigenvalue weighted by molar-refractivity contribution is 5.01. The molecule has 1 aliphatic heterocycles. The van der Waals surface area contributed by atoms with Gasteiger partial charge in [-0.2, -0.15) is 0 Å². The Balaban J connectivity index is 0.00000118. The smallest absolute Gasteiger partial charge is 0.172 e. The molecule has 0 N–H and O–H groups in total. The van der Waals surface area contributed by atoms with Gasteiger partial charge in [-0.15, -0.1) is 6.58 Å². The molecule has 1 aliphatic rings. The van der Waals surface area contributed by atoms with Crippen molar-refractivity contribution in [3.05, 3.63) is 12.2 Å². The van der Waals surface area contributed by atoms with E-state index in [1.165, 1.54) is 44.1 Å². The fourth-order valence-corrected chi connectivity index (χ4v) is 3.48. The first kappa shape index (κ1) is 23.6. The fourth-order valence-electron chi connectivity index (χ4n) is 3.48. The molecule has 144 valence electrons. The summed E-state index contributed by atoms with van der Waals surface area (Å²) in [5.74, 6) is -0.549. The highest BCUT2D eigenvalue weighted by atomic mass is 16.7. The van der Waals surface area contributed by atoms with E-state index in [9.17, 15) is 0 Å². The van der Waals surface area contributed by atoms with Crippen LogP contribution in [-0.4, -0.2) is 32.7 Å². The van der Waals surface area contributed by atoms with Crippen LogP contribution in [0.25, 0.3) is 0 Å². The first-order chi connectivity index (χ1) is 11.3. The number of rotatable bonds is 12. The van der Waals surface area contributed by atoms with Crippen LogP contribution < -0.4 is 0 Å². The second kappa shape index (κ2) is 12.1. The maximum absolute atomic E-state index is 5.74. The number of unbranched alkanes of at least 4 members (excludes halogenated alkanes) is 5. The second-order valence-corrected chi connectivity index (χ2v) is 7.41. The Hall–Kier alpha value is -0.380. The van der Waals surface area contributed by atoms with E-state index >= 15 is 0 Å². The summed E-state index contributed by atoms with van der Waals surface area (Å²) in [7, 11) is 3.50. The highest BCUT2D eigenvalue weighted by Crippen LogP contribution is 2.50. The molecule has 1 rings (SSSR count). The van der Waals surface area contributed by atoms with Crippen molar-refractivity contribution in [2.75, 3.05) is 20.8 Å². The van der Waals surface area contributed by atoms with Crippen molar-refractivity contribution in [3.8, 4) is 0 Å². The Morgan fingerprint density at radius 3 is 1.88 bits per heavy atom. The van der Waals surface area contributed by atoms with Gasteiger partial charge in [-0.05, 0) is 33.6 Å². The van der Waals surface area contributed by atoms with Crippen molar-refractivity contribution >= 4 is 0 Å². The maximum Gasteiger partial charge on any atom is 0.172 e. The minimum absolute atomic E-state index is 0.0126. The largest absolute Gasteiger partial charge is 0.372 e. The molecule has 1 heterocycles. The minimum Gasteiger partial charge on any atom is -0.372 e. The van der Waals surface area contributed by atoms with Gasteiger partial charge in [0.15, 0.2) is 5.79 Å². The summed E-state index contributed by atoms with van der Waals surface area (Å²) in [4.78, 5) is 0. The van der Waals surface area contributed by atoms with Gasteiger partial charge in [0.05, 0.1) is 18.1 Å². The van der Waals surface area contributed by atoms with Crippen LogP contribution in [0.5, 0.6) is 0 Å². The number of hydrogen-bond acceptors (Lipinski definition) is 3. The molecule has 0 aromatic carbocycles. The summed E-state index contributed by atoms with van der Waals surface area (Å²) in [6.45, 7) is 14.9. The molecule has 1 fully saturated rings. The van der Waals surface area contributed by atoms with Crippen LogP contribution in [0.1, 0.15) is 86.0 Å². The first-order valence-electron chi connectivity index (χ1n) is 9.67. The lowest BCUT2D eigenvalue weighted by molar-refractivity contribution is -0.273. The van der Waals surface area contributed by atoms with E-state index in [0.29, 0.717) is 6.10 Å². The van der Waals surface area contributed by atoms with E-state index < -0.39 is 5.79 Å². The lowest BCUT2D eigenvalue weighted by atomic mass is 9.70. The molecule has 0 aliphatic carbocycles. The van der Waals surface area contributed by atoms with E-state index in [1.54, 1.807) is 14.2 Å². The number of methoxy groups -OCH3 is 2. The third-order valence-electron chi connectivity index (χ3n) is 5.24. The van der Waals surface area contributed by atoms with Crippen molar-refractivity contribution in [2.24, 2.45) is 5.41 Å². The SMILES string of the molecule is C=C(C)C.CCCCCCCCC(CC)(C1CO1)C(C)(OC)OC. The quantitative estimate of drug-likeness (QED) is 0.185. The summed E-state index contributed by atoms with van der Waals surface area (Å²) >= 11 is 0. The van der Waals surface area contributed by atoms with Crippen LogP contribution in [0.3, 0.4) is 0 Å². The van der Waals surface area contributed by atoms with Gasteiger partial charge in [0.25, 0.3) is 0 Å². The van der Waals surface area contributed by atoms with Gasteiger partial charge < -0.3 is 14.2 Å². The van der Waals surface area contributed by atoms with Gasteiger partial charge in [-0.1, -0.05) is 57.9 Å². The summed E-state index contributed by atoms with van der Waals surface area (Å²) in [5.41, 5.74) is 1.15. The molecule has 0 spiro atoms. The molecule has 2 unspecified atom stereocenters. The van der Waals surface area contributed by atoms with Crippen LogP contribution in [0.15, 0.2) is 12.2 Å². The number of ether oxygens (including phenoxy) is 3. The third-order valence-corrected chi connectivity index (χ3v) is 5.24. The Bertz CT molecular complexity index is 328. The number of allylic oxidation sites excluding steroid dienone is 1. The van der Waals surface area contributed by atoms with Crippen LogP contribution in [0, 0.1) is 5.41 Å². The van der Waals surface area contributed by atoms with Crippen LogP contribution in [0.2, 0.25) is 0 Å². The topological polar surface area (TPSA) is 31.0 Å². The van der Waals surface area contributed by atoms with Crippen molar-refractivity contribution in [1.82, 2.24) is 0 Å². The molecule has 0 aromatic rings. The molecule has 3 nitrogen and oxygen atoms in total. The predicted molar refractivity (Wildman–Crippen MR) is 103 cm³/mol. The van der Waals surface area contributed by atoms with Crippen molar-refractivity contribution < 1.29 is 14.2 Å². The molecule has 0 saturated carbocycles. The summed E-state index contributed by atoms with van der Waals surface area (Å²) in [5, 5.41) is 0. The molecule has 2 atom stereocenters. The van der Waals surface area contributed by atoms with E-state index in [-0.39, 0.29) is 5.41 Å². The third kappa shape index (κ3) is 7.25. The highest BCUT2D eigenvalue weighted by Gasteiger charge is 2.57. The zero-order valence-corrected chi connectivity index (χ0v) is 17.4. The van der Waals surface area contributed by atoms with Gasteiger partial charge >= 0.3 is 0 Å². The lowest BCUT2D eigenvalue weighted by Crippen LogP contribution is -2.52. The predicted octanol–water partition coefficient (Wildman–Crippen LogP) is 6.12. The zero-order valence-electron chi connectivity index (χ0n) is 17.4.